The molecule has 2 amide bonds. The van der Waals surface area contributed by atoms with Crippen LogP contribution in [-0.4, -0.2) is 23.2 Å². The lowest BCUT2D eigenvalue weighted by molar-refractivity contribution is -0.137. The van der Waals surface area contributed by atoms with Crippen molar-refractivity contribution < 1.29 is 27.5 Å². The van der Waals surface area contributed by atoms with Crippen molar-refractivity contribution in [1.82, 2.24) is 5.32 Å². The normalized spacial score (nSPS) is 14.9. The van der Waals surface area contributed by atoms with Crippen LogP contribution in [0.3, 0.4) is 0 Å². The highest BCUT2D eigenvalue weighted by Gasteiger charge is 2.35. The molecule has 1 N–H and O–H groups in total. The second-order valence-electron chi connectivity index (χ2n) is 7.72. The van der Waals surface area contributed by atoms with Crippen molar-refractivity contribution in [3.63, 3.8) is 0 Å². The Balaban J connectivity index is 1.42. The van der Waals surface area contributed by atoms with E-state index in [0.29, 0.717) is 28.3 Å². The average Bonchev–Trinajstić information content (AvgIpc) is 3.15. The van der Waals surface area contributed by atoms with E-state index in [4.69, 9.17) is 17.0 Å². The van der Waals surface area contributed by atoms with Gasteiger partial charge in [0.05, 0.1) is 23.3 Å². The molecule has 3 aromatic carbocycles. The number of carbonyl (C=O) groups excluding carboxylic acids is 2. The fraction of sp³-hybridized carbons (Fsp3) is 0.115. The zero-order valence-corrected chi connectivity index (χ0v) is 20.5. The van der Waals surface area contributed by atoms with Crippen LogP contribution in [0.2, 0.25) is 0 Å². The summed E-state index contributed by atoms with van der Waals surface area (Å²) in [6.45, 7) is 0.338. The highest BCUT2D eigenvalue weighted by Crippen LogP contribution is 2.37. The van der Waals surface area contributed by atoms with Crippen molar-refractivity contribution in [2.45, 2.75) is 12.7 Å². The van der Waals surface area contributed by atoms with Crippen LogP contribution in [0.5, 0.6) is 5.75 Å². The number of halogens is 3. The number of carbonyl (C=O) groups is 2. The van der Waals surface area contributed by atoms with Gasteiger partial charge in [-0.2, -0.15) is 13.2 Å². The summed E-state index contributed by atoms with van der Waals surface area (Å²) >= 11 is 6.34. The predicted octanol–water partition coefficient (Wildman–Crippen LogP) is 6.05. The van der Waals surface area contributed by atoms with E-state index in [2.05, 4.69) is 5.32 Å². The van der Waals surface area contributed by atoms with E-state index in [-0.39, 0.29) is 15.9 Å². The number of nitrogens with zero attached hydrogens (tertiary/aromatic N) is 1. The third kappa shape index (κ3) is 5.77. The SMILES string of the molecule is COc1cccc(CNC(=O)c2ccc(/C=C3\SC(=S)N(c4ccc(C(F)(F)F)cc4)C3=O)cc2)c1. The Morgan fingerprint density at radius 1 is 1.08 bits per heavy atom. The Hall–Kier alpha value is -3.63. The first-order chi connectivity index (χ1) is 17.2. The van der Waals surface area contributed by atoms with Crippen LogP contribution in [0, 0.1) is 0 Å². The van der Waals surface area contributed by atoms with Gasteiger partial charge in [-0.1, -0.05) is 48.2 Å². The Bertz CT molecular complexity index is 1340. The highest BCUT2D eigenvalue weighted by atomic mass is 32.2. The van der Waals surface area contributed by atoms with Crippen LogP contribution < -0.4 is 15.0 Å². The van der Waals surface area contributed by atoms with Crippen LogP contribution in [-0.2, 0) is 17.5 Å². The molecule has 0 aliphatic carbocycles. The molecule has 1 fully saturated rings. The fourth-order valence-corrected chi connectivity index (χ4v) is 4.74. The summed E-state index contributed by atoms with van der Waals surface area (Å²) in [6, 6.07) is 18.3. The second kappa shape index (κ2) is 10.5. The highest BCUT2D eigenvalue weighted by molar-refractivity contribution is 8.27. The molecule has 3 aromatic rings. The average molecular weight is 529 g/mol. The first-order valence-corrected chi connectivity index (χ1v) is 11.8. The zero-order valence-electron chi connectivity index (χ0n) is 18.8. The summed E-state index contributed by atoms with van der Waals surface area (Å²) in [4.78, 5) is 26.9. The summed E-state index contributed by atoms with van der Waals surface area (Å²) < 4.78 is 43.9. The van der Waals surface area contributed by atoms with Crippen molar-refractivity contribution in [2.75, 3.05) is 12.0 Å². The van der Waals surface area contributed by atoms with Gasteiger partial charge in [-0.05, 0) is 65.7 Å². The standard InChI is InChI=1S/C26H19F3N2O3S2/c1-34-21-4-2-3-17(13-21)15-30-23(32)18-7-5-16(6-8-18)14-22-24(33)31(25(35)36-22)20-11-9-19(10-12-20)26(27,28)29/h2-14H,15H2,1H3,(H,30,32)/b22-14-. The molecule has 1 aliphatic rings. The number of hydrogen-bond acceptors (Lipinski definition) is 5. The van der Waals surface area contributed by atoms with E-state index in [9.17, 15) is 22.8 Å². The summed E-state index contributed by atoms with van der Waals surface area (Å²) in [6.07, 6.45) is -2.84. The Labute approximate surface area is 214 Å². The molecular formula is C26H19F3N2O3S2. The second-order valence-corrected chi connectivity index (χ2v) is 9.39. The van der Waals surface area contributed by atoms with Crippen LogP contribution in [0.1, 0.15) is 27.0 Å². The molecule has 184 valence electrons. The molecule has 0 aromatic heterocycles. The van der Waals surface area contributed by atoms with Crippen molar-refractivity contribution in [1.29, 1.82) is 0 Å². The monoisotopic (exact) mass is 528 g/mol. The van der Waals surface area contributed by atoms with Gasteiger partial charge in [-0.25, -0.2) is 0 Å². The van der Waals surface area contributed by atoms with Gasteiger partial charge in [0.15, 0.2) is 4.32 Å². The van der Waals surface area contributed by atoms with Gasteiger partial charge < -0.3 is 10.1 Å². The molecule has 5 nitrogen and oxygen atoms in total. The first-order valence-electron chi connectivity index (χ1n) is 10.6. The van der Waals surface area contributed by atoms with Gasteiger partial charge in [-0.3, -0.25) is 14.5 Å². The number of rotatable bonds is 6. The van der Waals surface area contributed by atoms with E-state index in [0.717, 1.165) is 29.5 Å². The van der Waals surface area contributed by atoms with Crippen LogP contribution in [0.15, 0.2) is 77.7 Å². The van der Waals surface area contributed by atoms with Crippen LogP contribution in [0.4, 0.5) is 18.9 Å². The maximum absolute atomic E-state index is 12.9. The maximum atomic E-state index is 12.9. The molecule has 1 heterocycles. The lowest BCUT2D eigenvalue weighted by atomic mass is 10.1. The summed E-state index contributed by atoms with van der Waals surface area (Å²) in [7, 11) is 1.58. The number of alkyl halides is 3. The number of thiocarbonyl (C=S) groups is 1. The molecule has 1 saturated heterocycles. The van der Waals surface area contributed by atoms with E-state index >= 15 is 0 Å². The molecule has 0 unspecified atom stereocenters. The largest absolute Gasteiger partial charge is 0.497 e. The third-order valence-corrected chi connectivity index (χ3v) is 6.61. The number of nitrogens with one attached hydrogen (secondary N) is 1. The Morgan fingerprint density at radius 3 is 2.42 bits per heavy atom. The van der Waals surface area contributed by atoms with E-state index < -0.39 is 17.6 Å². The van der Waals surface area contributed by atoms with E-state index in [1.54, 1.807) is 37.5 Å². The number of ether oxygens (including phenoxy) is 1. The van der Waals surface area contributed by atoms with Gasteiger partial charge >= 0.3 is 6.18 Å². The lowest BCUT2D eigenvalue weighted by Gasteiger charge is -2.15. The molecule has 0 radical (unpaired) electrons. The molecule has 36 heavy (non-hydrogen) atoms. The molecule has 0 atom stereocenters. The Morgan fingerprint density at radius 2 is 1.78 bits per heavy atom. The van der Waals surface area contributed by atoms with E-state index in [1.807, 2.05) is 24.3 Å². The van der Waals surface area contributed by atoms with E-state index in [1.165, 1.54) is 17.0 Å². The number of methoxy groups -OCH3 is 1. The topological polar surface area (TPSA) is 58.6 Å². The van der Waals surface area contributed by atoms with Gasteiger partial charge in [0.2, 0.25) is 0 Å². The van der Waals surface area contributed by atoms with Gasteiger partial charge in [0.1, 0.15) is 5.75 Å². The quantitative estimate of drug-likeness (QED) is 0.312. The number of thioether (sulfide) groups is 1. The molecule has 0 spiro atoms. The maximum Gasteiger partial charge on any atom is 0.416 e. The number of hydrogen-bond donors (Lipinski definition) is 1. The molecule has 1 aliphatic heterocycles. The summed E-state index contributed by atoms with van der Waals surface area (Å²) in [5, 5.41) is 2.85. The Kier molecular flexibility index (Phi) is 7.46. The van der Waals surface area contributed by atoms with Crippen molar-refractivity contribution in [3.8, 4) is 5.75 Å². The van der Waals surface area contributed by atoms with Gasteiger partial charge in [0, 0.05) is 12.1 Å². The molecule has 4 rings (SSSR count). The van der Waals surface area contributed by atoms with Gasteiger partial charge in [-0.15, -0.1) is 0 Å². The van der Waals surface area contributed by atoms with Crippen LogP contribution >= 0.6 is 24.0 Å². The smallest absolute Gasteiger partial charge is 0.416 e. The molecule has 10 heteroatoms. The molecule has 0 bridgehead atoms. The van der Waals surface area contributed by atoms with Gasteiger partial charge in [0.25, 0.3) is 11.8 Å². The van der Waals surface area contributed by atoms with Crippen molar-refractivity contribution >= 4 is 51.9 Å². The number of amides is 2. The predicted molar refractivity (Wildman–Crippen MR) is 138 cm³/mol. The third-order valence-electron chi connectivity index (χ3n) is 5.30. The molecule has 0 saturated carbocycles. The zero-order chi connectivity index (χ0) is 25.9. The van der Waals surface area contributed by atoms with Crippen molar-refractivity contribution in [3.05, 3.63) is 100.0 Å². The molecular weight excluding hydrogens is 509 g/mol. The van der Waals surface area contributed by atoms with Crippen molar-refractivity contribution in [2.24, 2.45) is 0 Å². The fourth-order valence-electron chi connectivity index (χ4n) is 3.44. The minimum absolute atomic E-state index is 0.222. The van der Waals surface area contributed by atoms with Crippen LogP contribution in [0.25, 0.3) is 6.08 Å². The first kappa shape index (κ1) is 25.5. The number of anilines is 1. The number of benzene rings is 3. The minimum atomic E-state index is -4.47. The summed E-state index contributed by atoms with van der Waals surface area (Å²) in [5.74, 6) is 0.0257. The lowest BCUT2D eigenvalue weighted by Crippen LogP contribution is -2.27. The summed E-state index contributed by atoms with van der Waals surface area (Å²) in [5.41, 5.74) is 1.48. The minimum Gasteiger partial charge on any atom is -0.497 e.